The van der Waals surface area contributed by atoms with Crippen molar-refractivity contribution in [1.29, 1.82) is 0 Å². The second-order valence-corrected chi connectivity index (χ2v) is 11.2. The normalized spacial score (nSPS) is 9.88. The number of rotatable bonds is 2. The van der Waals surface area contributed by atoms with Crippen LogP contribution in [0.2, 0.25) is 0 Å². The SMILES string of the molecule is Brc1ccc2ccccc2c1-c1ccccc1.Brc1ccc2ccccc2c1I.CI.OB(O)c1ccccc1. The molecule has 0 heterocycles. The minimum Gasteiger partial charge on any atom is -0.423 e. The molecule has 0 spiro atoms. The Morgan fingerprint density at radius 3 is 1.52 bits per heavy atom. The van der Waals surface area contributed by atoms with Crippen LogP contribution in [0.4, 0.5) is 0 Å². The van der Waals surface area contributed by atoms with Crippen molar-refractivity contribution < 1.29 is 10.0 Å². The summed E-state index contributed by atoms with van der Waals surface area (Å²) < 4.78 is 3.59. The summed E-state index contributed by atoms with van der Waals surface area (Å²) in [7, 11) is -1.34. The van der Waals surface area contributed by atoms with E-state index in [1.807, 2.05) is 17.1 Å². The Bertz CT molecular complexity index is 1630. The second kappa shape index (κ2) is 17.3. The molecule has 0 radical (unpaired) electrons. The minimum atomic E-state index is -1.34. The fourth-order valence-corrected chi connectivity index (χ4v) is 5.57. The topological polar surface area (TPSA) is 40.5 Å². The van der Waals surface area contributed by atoms with E-state index >= 15 is 0 Å². The van der Waals surface area contributed by atoms with Gasteiger partial charge in [-0.1, -0.05) is 160 Å². The molecule has 0 amide bonds. The molecule has 0 aliphatic rings. The molecular formula is C33H27BBr2I2O2. The molecule has 0 fully saturated rings. The lowest BCUT2D eigenvalue weighted by Gasteiger charge is -2.09. The van der Waals surface area contributed by atoms with Crippen molar-refractivity contribution in [3.8, 4) is 11.1 Å². The fraction of sp³-hybridized carbons (Fsp3) is 0.0303. The van der Waals surface area contributed by atoms with Gasteiger partial charge in [-0.3, -0.25) is 0 Å². The van der Waals surface area contributed by atoms with Gasteiger partial charge in [0.25, 0.3) is 0 Å². The molecule has 0 saturated heterocycles. The highest BCUT2D eigenvalue weighted by atomic mass is 127. The van der Waals surface area contributed by atoms with Gasteiger partial charge < -0.3 is 10.0 Å². The van der Waals surface area contributed by atoms with Gasteiger partial charge in [0.15, 0.2) is 0 Å². The molecule has 0 aliphatic heterocycles. The molecule has 0 atom stereocenters. The van der Waals surface area contributed by atoms with Crippen molar-refractivity contribution in [1.82, 2.24) is 0 Å². The van der Waals surface area contributed by atoms with Crippen LogP contribution in [0.3, 0.4) is 0 Å². The van der Waals surface area contributed by atoms with Crippen LogP contribution in [-0.4, -0.2) is 22.1 Å². The van der Waals surface area contributed by atoms with Gasteiger partial charge in [-0.15, -0.1) is 0 Å². The summed E-state index contributed by atoms with van der Waals surface area (Å²) in [6.45, 7) is 0. The van der Waals surface area contributed by atoms with Crippen LogP contribution < -0.4 is 5.46 Å². The van der Waals surface area contributed by atoms with Crippen LogP contribution >= 0.6 is 77.0 Å². The highest BCUT2D eigenvalue weighted by Crippen LogP contribution is 2.35. The largest absolute Gasteiger partial charge is 0.488 e. The Balaban J connectivity index is 0.000000169. The maximum Gasteiger partial charge on any atom is 0.488 e. The molecule has 40 heavy (non-hydrogen) atoms. The van der Waals surface area contributed by atoms with E-state index in [4.69, 9.17) is 10.0 Å². The molecule has 2 N–H and O–H groups in total. The predicted octanol–water partition coefficient (Wildman–Crippen LogP) is 9.89. The zero-order valence-corrected chi connectivity index (χ0v) is 29.2. The zero-order valence-electron chi connectivity index (χ0n) is 21.7. The fourth-order valence-electron chi connectivity index (χ4n) is 3.98. The van der Waals surface area contributed by atoms with E-state index < -0.39 is 7.12 Å². The van der Waals surface area contributed by atoms with Crippen LogP contribution in [0.25, 0.3) is 32.7 Å². The van der Waals surface area contributed by atoms with Crippen LogP contribution in [-0.2, 0) is 0 Å². The molecule has 7 heteroatoms. The first-order valence-electron chi connectivity index (χ1n) is 12.3. The maximum absolute atomic E-state index is 8.58. The van der Waals surface area contributed by atoms with Gasteiger partial charge in [-0.2, -0.15) is 0 Å². The number of halogens is 4. The van der Waals surface area contributed by atoms with Crippen molar-refractivity contribution in [2.24, 2.45) is 0 Å². The van der Waals surface area contributed by atoms with E-state index in [-0.39, 0.29) is 0 Å². The molecule has 0 saturated carbocycles. The number of fused-ring (bicyclic) bond motifs is 2. The van der Waals surface area contributed by atoms with E-state index in [0.717, 1.165) is 4.47 Å². The van der Waals surface area contributed by atoms with E-state index in [1.165, 1.54) is 40.7 Å². The summed E-state index contributed by atoms with van der Waals surface area (Å²) in [6.07, 6.45) is 0. The van der Waals surface area contributed by atoms with Crippen molar-refractivity contribution >= 4 is 111 Å². The standard InChI is InChI=1S/C16H11Br.C10H6BrI.C6H7BO2.CH3I/c17-15-11-10-12-6-4-5-9-14(12)16(15)13-7-2-1-3-8-13;11-9-6-5-7-3-1-2-4-8(7)10(9)12;8-7(9)6-4-2-1-3-5-6;1-2/h1-11H;1-6H;1-5,8-9H;1H3. The van der Waals surface area contributed by atoms with Gasteiger partial charge in [0.2, 0.25) is 0 Å². The third kappa shape index (κ3) is 9.12. The van der Waals surface area contributed by atoms with Gasteiger partial charge in [0.1, 0.15) is 0 Å². The van der Waals surface area contributed by atoms with Gasteiger partial charge in [-0.05, 0) is 88.2 Å². The lowest BCUT2D eigenvalue weighted by atomic mass is 9.81. The van der Waals surface area contributed by atoms with E-state index in [1.54, 1.807) is 24.3 Å². The van der Waals surface area contributed by atoms with Crippen LogP contribution in [0.1, 0.15) is 0 Å². The number of alkyl halides is 1. The van der Waals surface area contributed by atoms with Crippen molar-refractivity contribution in [3.05, 3.63) is 146 Å². The quantitative estimate of drug-likeness (QED) is 0.103. The summed E-state index contributed by atoms with van der Waals surface area (Å²) in [4.78, 5) is 1.97. The first-order valence-corrected chi connectivity index (χ1v) is 17.1. The monoisotopic (exact) mass is 878 g/mol. The molecular weight excluding hydrogens is 853 g/mol. The average molecular weight is 880 g/mol. The Morgan fingerprint density at radius 2 is 0.975 bits per heavy atom. The number of benzene rings is 6. The van der Waals surface area contributed by atoms with Crippen molar-refractivity contribution in [2.75, 3.05) is 4.93 Å². The maximum atomic E-state index is 8.58. The van der Waals surface area contributed by atoms with Crippen LogP contribution in [0.5, 0.6) is 0 Å². The first kappa shape index (κ1) is 32.8. The summed E-state index contributed by atoms with van der Waals surface area (Å²) in [5, 5.41) is 22.3. The number of hydrogen-bond donors (Lipinski definition) is 2. The van der Waals surface area contributed by atoms with Gasteiger partial charge in [0.05, 0.1) is 0 Å². The Labute approximate surface area is 280 Å². The Kier molecular flexibility index (Phi) is 14.1. The molecule has 6 aromatic rings. The smallest absolute Gasteiger partial charge is 0.423 e. The summed E-state index contributed by atoms with van der Waals surface area (Å²) >= 11 is 11.7. The Morgan fingerprint density at radius 1 is 0.525 bits per heavy atom. The average Bonchev–Trinajstić information content (AvgIpc) is 3.01. The summed E-state index contributed by atoms with van der Waals surface area (Å²) in [5.41, 5.74) is 3.04. The van der Waals surface area contributed by atoms with Crippen LogP contribution in [0.15, 0.2) is 142 Å². The van der Waals surface area contributed by atoms with Gasteiger partial charge in [0, 0.05) is 18.1 Å². The molecule has 202 valence electrons. The second-order valence-electron chi connectivity index (χ2n) is 8.38. The van der Waals surface area contributed by atoms with Gasteiger partial charge >= 0.3 is 7.12 Å². The van der Waals surface area contributed by atoms with Crippen LogP contribution in [0, 0.1) is 3.57 Å². The molecule has 0 bridgehead atoms. The molecule has 6 rings (SSSR count). The first-order chi connectivity index (χ1) is 19.5. The molecule has 0 aromatic heterocycles. The van der Waals surface area contributed by atoms with Crippen molar-refractivity contribution in [3.63, 3.8) is 0 Å². The summed E-state index contributed by atoms with van der Waals surface area (Å²) in [5.74, 6) is 0. The van der Waals surface area contributed by atoms with Crippen molar-refractivity contribution in [2.45, 2.75) is 0 Å². The molecule has 2 nitrogen and oxygen atoms in total. The third-order valence-electron chi connectivity index (χ3n) is 5.85. The van der Waals surface area contributed by atoms with E-state index in [2.05, 4.69) is 174 Å². The van der Waals surface area contributed by atoms with E-state index in [0.29, 0.717) is 5.46 Å². The lowest BCUT2D eigenvalue weighted by molar-refractivity contribution is 0.426. The number of hydrogen-bond acceptors (Lipinski definition) is 2. The predicted molar refractivity (Wildman–Crippen MR) is 198 cm³/mol. The third-order valence-corrected chi connectivity index (χ3v) is 9.08. The minimum absolute atomic E-state index is 0.525. The summed E-state index contributed by atoms with van der Waals surface area (Å²) in [6, 6.07) is 44.5. The van der Waals surface area contributed by atoms with E-state index in [9.17, 15) is 0 Å². The molecule has 0 aliphatic carbocycles. The molecule has 0 unspecified atom stereocenters. The molecule has 6 aromatic carbocycles. The highest BCUT2D eigenvalue weighted by Gasteiger charge is 2.08. The van der Waals surface area contributed by atoms with Gasteiger partial charge in [-0.25, -0.2) is 0 Å². The lowest BCUT2D eigenvalue weighted by Crippen LogP contribution is -2.29. The Hall–Kier alpha value is -1.76. The zero-order chi connectivity index (χ0) is 28.9. The highest BCUT2D eigenvalue weighted by molar-refractivity contribution is 14.1.